The minimum Gasteiger partial charge on any atom is -0.357 e. The maximum Gasteiger partial charge on any atom is 0.237 e. The van der Waals surface area contributed by atoms with Crippen LogP contribution in [-0.2, 0) is 16.4 Å². The predicted octanol–water partition coefficient (Wildman–Crippen LogP) is 1.44. The number of para-hydroxylation sites is 1. The Morgan fingerprint density at radius 2 is 1.96 bits per heavy atom. The molecule has 0 saturated carbocycles. The predicted molar refractivity (Wildman–Crippen MR) is 98.1 cm³/mol. The lowest BCUT2D eigenvalue weighted by Gasteiger charge is -2.21. The summed E-state index contributed by atoms with van der Waals surface area (Å²) in [5, 5.41) is 3.26. The molecule has 2 heterocycles. The molecule has 7 heteroatoms. The van der Waals surface area contributed by atoms with Crippen LogP contribution in [0.15, 0.2) is 29.3 Å². The van der Waals surface area contributed by atoms with Crippen LogP contribution in [0.1, 0.15) is 25.3 Å². The van der Waals surface area contributed by atoms with Crippen molar-refractivity contribution in [2.75, 3.05) is 42.8 Å². The number of hydrogen-bond acceptors (Lipinski definition) is 3. The molecule has 1 saturated heterocycles. The first-order valence-electron chi connectivity index (χ1n) is 8.73. The van der Waals surface area contributed by atoms with E-state index in [1.807, 2.05) is 31.2 Å². The Bertz CT molecular complexity index is 696. The molecular weight excluding hydrogens is 324 g/mol. The molecule has 0 unspecified atom stereocenters. The summed E-state index contributed by atoms with van der Waals surface area (Å²) in [5.74, 6) is 0.886. The highest BCUT2D eigenvalue weighted by molar-refractivity contribution is 7.92. The number of anilines is 1. The number of benzene rings is 1. The molecule has 24 heavy (non-hydrogen) atoms. The molecule has 1 fully saturated rings. The Labute approximate surface area is 144 Å². The van der Waals surface area contributed by atoms with Crippen molar-refractivity contribution in [2.45, 2.75) is 26.2 Å². The van der Waals surface area contributed by atoms with Gasteiger partial charge in [0, 0.05) is 26.2 Å². The van der Waals surface area contributed by atoms with Crippen LogP contribution in [-0.4, -0.2) is 57.8 Å². The van der Waals surface area contributed by atoms with Gasteiger partial charge in [-0.15, -0.1) is 0 Å². The maximum atomic E-state index is 12.7. The number of fused-ring (bicyclic) bond motifs is 1. The number of nitrogens with zero attached hydrogens (tertiary/aromatic N) is 3. The van der Waals surface area contributed by atoms with E-state index in [1.165, 1.54) is 12.8 Å². The van der Waals surface area contributed by atoms with Gasteiger partial charge in [0.15, 0.2) is 5.96 Å². The molecule has 0 radical (unpaired) electrons. The summed E-state index contributed by atoms with van der Waals surface area (Å²) in [7, 11) is -3.33. The van der Waals surface area contributed by atoms with Crippen LogP contribution in [0.25, 0.3) is 0 Å². The first kappa shape index (κ1) is 17.1. The third kappa shape index (κ3) is 3.66. The number of likely N-dealkylation sites (tertiary alicyclic amines) is 1. The summed E-state index contributed by atoms with van der Waals surface area (Å²) in [4.78, 5) is 6.74. The molecular formula is C17H26N4O2S. The van der Waals surface area contributed by atoms with Gasteiger partial charge in [-0.25, -0.2) is 8.42 Å². The number of aliphatic imine (C=N–C) groups is 1. The standard InChI is InChI=1S/C17H26N4O2S/c1-2-18-17(20-11-5-6-12-20)19-10-14-24(22,23)21-13-9-15-7-3-4-8-16(15)21/h3-4,7-8H,2,5-6,9-14H2,1H3,(H,18,19). The van der Waals surface area contributed by atoms with Gasteiger partial charge in [-0.2, -0.15) is 0 Å². The first-order valence-corrected chi connectivity index (χ1v) is 10.3. The van der Waals surface area contributed by atoms with Crippen molar-refractivity contribution in [3.8, 4) is 0 Å². The molecule has 3 rings (SSSR count). The molecule has 2 aliphatic rings. The van der Waals surface area contributed by atoms with E-state index in [9.17, 15) is 8.42 Å². The Kier molecular flexibility index (Phi) is 5.28. The number of hydrogen-bond donors (Lipinski definition) is 1. The average molecular weight is 350 g/mol. The van der Waals surface area contributed by atoms with E-state index in [0.29, 0.717) is 13.1 Å². The minimum atomic E-state index is -3.33. The van der Waals surface area contributed by atoms with E-state index in [0.717, 1.165) is 43.3 Å². The van der Waals surface area contributed by atoms with Gasteiger partial charge in [0.05, 0.1) is 18.0 Å². The lowest BCUT2D eigenvalue weighted by atomic mass is 10.2. The molecule has 0 atom stereocenters. The molecule has 2 aliphatic heterocycles. The van der Waals surface area contributed by atoms with Gasteiger partial charge in [-0.05, 0) is 37.8 Å². The van der Waals surface area contributed by atoms with Crippen LogP contribution in [0.3, 0.4) is 0 Å². The third-order valence-corrected chi connectivity index (χ3v) is 6.28. The number of guanidine groups is 1. The van der Waals surface area contributed by atoms with Gasteiger partial charge >= 0.3 is 0 Å². The zero-order chi connectivity index (χ0) is 17.0. The van der Waals surface area contributed by atoms with Crippen LogP contribution >= 0.6 is 0 Å². The van der Waals surface area contributed by atoms with E-state index in [-0.39, 0.29) is 5.75 Å². The van der Waals surface area contributed by atoms with Crippen LogP contribution < -0.4 is 9.62 Å². The molecule has 6 nitrogen and oxygen atoms in total. The van der Waals surface area contributed by atoms with E-state index in [4.69, 9.17) is 0 Å². The summed E-state index contributed by atoms with van der Waals surface area (Å²) < 4.78 is 26.9. The fourth-order valence-electron chi connectivity index (χ4n) is 3.33. The SMILES string of the molecule is CCNC(=NCCS(=O)(=O)N1CCc2ccccc21)N1CCCC1. The normalized spacial score (nSPS) is 18.1. The zero-order valence-corrected chi connectivity index (χ0v) is 15.1. The molecule has 1 aromatic rings. The van der Waals surface area contributed by atoms with Crippen LogP contribution in [0.2, 0.25) is 0 Å². The van der Waals surface area contributed by atoms with Crippen molar-refractivity contribution >= 4 is 21.7 Å². The Morgan fingerprint density at radius 1 is 1.21 bits per heavy atom. The molecule has 0 amide bonds. The highest BCUT2D eigenvalue weighted by atomic mass is 32.2. The maximum absolute atomic E-state index is 12.7. The number of sulfonamides is 1. The summed E-state index contributed by atoms with van der Waals surface area (Å²) in [6.07, 6.45) is 3.13. The van der Waals surface area contributed by atoms with E-state index in [1.54, 1.807) is 4.31 Å². The van der Waals surface area contributed by atoms with E-state index in [2.05, 4.69) is 15.2 Å². The summed E-state index contributed by atoms with van der Waals surface area (Å²) >= 11 is 0. The summed E-state index contributed by atoms with van der Waals surface area (Å²) in [5.41, 5.74) is 1.93. The minimum absolute atomic E-state index is 0.0457. The summed E-state index contributed by atoms with van der Waals surface area (Å²) in [6.45, 7) is 5.65. The van der Waals surface area contributed by atoms with Gasteiger partial charge in [0.1, 0.15) is 0 Å². The van der Waals surface area contributed by atoms with Gasteiger partial charge in [-0.3, -0.25) is 9.30 Å². The van der Waals surface area contributed by atoms with Crippen molar-refractivity contribution in [3.05, 3.63) is 29.8 Å². The Morgan fingerprint density at radius 3 is 2.71 bits per heavy atom. The monoisotopic (exact) mass is 350 g/mol. The lowest BCUT2D eigenvalue weighted by molar-refractivity contribution is 0.494. The first-order chi connectivity index (χ1) is 11.6. The molecule has 1 N–H and O–H groups in total. The van der Waals surface area contributed by atoms with Crippen LogP contribution in [0.4, 0.5) is 5.69 Å². The largest absolute Gasteiger partial charge is 0.357 e. The van der Waals surface area contributed by atoms with E-state index < -0.39 is 10.0 Å². The molecule has 132 valence electrons. The number of nitrogens with one attached hydrogen (secondary N) is 1. The highest BCUT2D eigenvalue weighted by Gasteiger charge is 2.28. The lowest BCUT2D eigenvalue weighted by Crippen LogP contribution is -2.40. The highest BCUT2D eigenvalue weighted by Crippen LogP contribution is 2.29. The van der Waals surface area contributed by atoms with Crippen molar-refractivity contribution in [3.63, 3.8) is 0 Å². The Balaban J connectivity index is 1.65. The van der Waals surface area contributed by atoms with Gasteiger partial charge in [0.2, 0.25) is 10.0 Å². The van der Waals surface area contributed by atoms with E-state index >= 15 is 0 Å². The second-order valence-corrected chi connectivity index (χ2v) is 8.21. The average Bonchev–Trinajstić information content (AvgIpc) is 3.23. The molecule has 0 spiro atoms. The topological polar surface area (TPSA) is 65.0 Å². The molecule has 0 aliphatic carbocycles. The van der Waals surface area contributed by atoms with Crippen LogP contribution in [0.5, 0.6) is 0 Å². The van der Waals surface area contributed by atoms with Gasteiger partial charge in [-0.1, -0.05) is 18.2 Å². The fraction of sp³-hybridized carbons (Fsp3) is 0.588. The zero-order valence-electron chi connectivity index (χ0n) is 14.2. The smallest absolute Gasteiger partial charge is 0.237 e. The van der Waals surface area contributed by atoms with Crippen molar-refractivity contribution < 1.29 is 8.42 Å². The molecule has 1 aromatic carbocycles. The van der Waals surface area contributed by atoms with Gasteiger partial charge < -0.3 is 10.2 Å². The quantitative estimate of drug-likeness (QED) is 0.645. The second-order valence-electron chi connectivity index (χ2n) is 6.20. The Hall–Kier alpha value is -1.76. The molecule has 0 bridgehead atoms. The van der Waals surface area contributed by atoms with Crippen molar-refractivity contribution in [1.29, 1.82) is 0 Å². The van der Waals surface area contributed by atoms with Crippen LogP contribution in [0, 0.1) is 0 Å². The second kappa shape index (κ2) is 7.42. The third-order valence-electron chi connectivity index (χ3n) is 4.53. The summed E-state index contributed by atoms with van der Waals surface area (Å²) in [6, 6.07) is 7.73. The van der Waals surface area contributed by atoms with Gasteiger partial charge in [0.25, 0.3) is 0 Å². The van der Waals surface area contributed by atoms with Crippen molar-refractivity contribution in [2.24, 2.45) is 4.99 Å². The molecule has 0 aromatic heterocycles. The fourth-order valence-corrected chi connectivity index (χ4v) is 4.72. The number of rotatable bonds is 5. The van der Waals surface area contributed by atoms with Crippen molar-refractivity contribution in [1.82, 2.24) is 10.2 Å².